The molecule has 0 radical (unpaired) electrons. The van der Waals surface area contributed by atoms with Crippen molar-refractivity contribution in [2.45, 2.75) is 62.1 Å². The van der Waals surface area contributed by atoms with Crippen LogP contribution in [0, 0.1) is 16.0 Å². The molecule has 1 heterocycles. The van der Waals surface area contributed by atoms with E-state index < -0.39 is 27.1 Å². The lowest BCUT2D eigenvalue weighted by Gasteiger charge is -2.27. The van der Waals surface area contributed by atoms with Gasteiger partial charge in [-0.15, -0.1) is 0 Å². The molecule has 0 unspecified atom stereocenters. The number of hydrogen-bond acceptors (Lipinski definition) is 7. The number of nitrogens with one attached hydrogen (secondary N) is 1. The monoisotopic (exact) mass is 413 g/mol. The average Bonchev–Trinajstić information content (AvgIpc) is 3.03. The Kier molecular flexibility index (Phi) is 6.23. The molecule has 0 spiro atoms. The summed E-state index contributed by atoms with van der Waals surface area (Å²) in [5, 5.41) is 30.9. The van der Waals surface area contributed by atoms with Crippen LogP contribution in [-0.4, -0.2) is 54.9 Å². The highest BCUT2D eigenvalue weighted by molar-refractivity contribution is 7.89. The van der Waals surface area contributed by atoms with Gasteiger partial charge in [0.05, 0.1) is 28.6 Å². The first-order valence-corrected chi connectivity index (χ1v) is 11.1. The zero-order valence-corrected chi connectivity index (χ0v) is 16.6. The highest BCUT2D eigenvalue weighted by Gasteiger charge is 2.35. The van der Waals surface area contributed by atoms with Crippen molar-refractivity contribution in [2.75, 3.05) is 18.1 Å². The highest BCUT2D eigenvalue weighted by atomic mass is 32.2. The minimum absolute atomic E-state index is 0.149. The molecule has 1 saturated carbocycles. The van der Waals surface area contributed by atoms with Gasteiger partial charge < -0.3 is 15.1 Å². The van der Waals surface area contributed by atoms with Crippen molar-refractivity contribution in [1.82, 2.24) is 4.72 Å². The Balaban J connectivity index is 1.87. The fraction of sp³-hybridized carbons (Fsp3) is 0.667. The van der Waals surface area contributed by atoms with Gasteiger partial charge in [-0.05, 0) is 50.2 Å². The van der Waals surface area contributed by atoms with E-state index in [4.69, 9.17) is 0 Å². The van der Waals surface area contributed by atoms with E-state index in [1.807, 2.05) is 0 Å². The van der Waals surface area contributed by atoms with Gasteiger partial charge in [-0.3, -0.25) is 10.1 Å². The van der Waals surface area contributed by atoms with Crippen LogP contribution in [0.5, 0.6) is 0 Å². The minimum Gasteiger partial charge on any atom is -0.394 e. The number of aliphatic hydroxyl groups excluding tert-OH is 2. The van der Waals surface area contributed by atoms with Crippen molar-refractivity contribution in [2.24, 2.45) is 5.92 Å². The molecular weight excluding hydrogens is 386 g/mol. The van der Waals surface area contributed by atoms with Gasteiger partial charge in [0.2, 0.25) is 10.0 Å². The quantitative estimate of drug-likeness (QED) is 0.474. The molecule has 2 atom stereocenters. The Labute approximate surface area is 164 Å². The van der Waals surface area contributed by atoms with Gasteiger partial charge >= 0.3 is 0 Å². The summed E-state index contributed by atoms with van der Waals surface area (Å²) in [6, 6.07) is 3.18. The standard InChI is InChI=1S/C18H27N3O6S/c1-12-2-4-13(5-3-12)19-28(26,27)16-6-7-17(18(9-16)21(24)25)20-10-15(23)8-14(20)11-22/h6-7,9,12-15,19,22-23H,2-5,8,10-11H2,1H3/t12?,13?,14-,15+/m1/s1. The summed E-state index contributed by atoms with van der Waals surface area (Å²) >= 11 is 0. The van der Waals surface area contributed by atoms with E-state index in [0.29, 0.717) is 12.3 Å². The third-order valence-corrected chi connectivity index (χ3v) is 7.22. The lowest BCUT2D eigenvalue weighted by atomic mass is 9.88. The van der Waals surface area contributed by atoms with Gasteiger partial charge in [-0.1, -0.05) is 6.92 Å². The summed E-state index contributed by atoms with van der Waals surface area (Å²) in [6.07, 6.45) is 3.01. The molecule has 1 saturated heterocycles. The molecule has 1 aliphatic carbocycles. The molecule has 1 aromatic rings. The van der Waals surface area contributed by atoms with Crippen LogP contribution in [0.3, 0.4) is 0 Å². The SMILES string of the molecule is CC1CCC(NS(=O)(=O)c2ccc(N3C[C@@H](O)C[C@@H]3CO)c([N+](=O)[O-])c2)CC1. The molecule has 0 bridgehead atoms. The van der Waals surface area contributed by atoms with E-state index in [1.54, 1.807) is 4.90 Å². The lowest BCUT2D eigenvalue weighted by molar-refractivity contribution is -0.384. The van der Waals surface area contributed by atoms with Crippen LogP contribution in [0.2, 0.25) is 0 Å². The zero-order chi connectivity index (χ0) is 20.5. The number of anilines is 1. The topological polar surface area (TPSA) is 133 Å². The number of hydrogen-bond donors (Lipinski definition) is 3. The van der Waals surface area contributed by atoms with Crippen molar-refractivity contribution >= 4 is 21.4 Å². The molecule has 10 heteroatoms. The van der Waals surface area contributed by atoms with E-state index >= 15 is 0 Å². The van der Waals surface area contributed by atoms with Gasteiger partial charge in [0, 0.05) is 18.7 Å². The maximum absolute atomic E-state index is 12.7. The summed E-state index contributed by atoms with van der Waals surface area (Å²) in [4.78, 5) is 12.4. The van der Waals surface area contributed by atoms with Crippen LogP contribution < -0.4 is 9.62 Å². The van der Waals surface area contributed by atoms with Crippen LogP contribution >= 0.6 is 0 Å². The molecule has 1 aromatic carbocycles. The number of aliphatic hydroxyl groups is 2. The molecular formula is C18H27N3O6S. The second kappa shape index (κ2) is 8.32. The summed E-state index contributed by atoms with van der Waals surface area (Å²) in [5.41, 5.74) is -0.154. The first-order chi connectivity index (χ1) is 13.2. The Hall–Kier alpha value is -1.75. The molecule has 2 aliphatic rings. The Bertz CT molecular complexity index is 823. The first-order valence-electron chi connectivity index (χ1n) is 9.57. The smallest absolute Gasteiger partial charge is 0.293 e. The fourth-order valence-electron chi connectivity index (χ4n) is 4.08. The number of β-amino-alcohol motifs (C(OH)–C–C–N with tert-alkyl or cyclic N) is 1. The lowest BCUT2D eigenvalue weighted by Crippen LogP contribution is -2.37. The molecule has 9 nitrogen and oxygen atoms in total. The van der Waals surface area contributed by atoms with Crippen molar-refractivity contribution in [3.8, 4) is 0 Å². The van der Waals surface area contributed by atoms with Crippen molar-refractivity contribution in [3.05, 3.63) is 28.3 Å². The molecule has 28 heavy (non-hydrogen) atoms. The number of nitro benzene ring substituents is 1. The number of nitrogens with zero attached hydrogens (tertiary/aromatic N) is 2. The number of sulfonamides is 1. The van der Waals surface area contributed by atoms with Gasteiger partial charge in [0.1, 0.15) is 5.69 Å². The first kappa shape index (κ1) is 21.0. The molecule has 3 N–H and O–H groups in total. The number of benzene rings is 1. The molecule has 1 aliphatic heterocycles. The second-order valence-electron chi connectivity index (χ2n) is 7.86. The zero-order valence-electron chi connectivity index (χ0n) is 15.8. The second-order valence-corrected chi connectivity index (χ2v) is 9.58. The average molecular weight is 413 g/mol. The Morgan fingerprint density at radius 3 is 2.57 bits per heavy atom. The third kappa shape index (κ3) is 4.45. The van der Waals surface area contributed by atoms with Crippen LogP contribution in [0.1, 0.15) is 39.0 Å². The maximum atomic E-state index is 12.7. The van der Waals surface area contributed by atoms with Gasteiger partial charge in [-0.2, -0.15) is 0 Å². The highest BCUT2D eigenvalue weighted by Crippen LogP contribution is 2.35. The predicted octanol–water partition coefficient (Wildman–Crippen LogP) is 1.38. The van der Waals surface area contributed by atoms with E-state index in [2.05, 4.69) is 11.6 Å². The number of nitro groups is 1. The summed E-state index contributed by atoms with van der Waals surface area (Å²) in [5.74, 6) is 0.580. The normalized spacial score (nSPS) is 28.5. The van der Waals surface area contributed by atoms with Crippen molar-refractivity contribution < 1.29 is 23.6 Å². The van der Waals surface area contributed by atoms with Gasteiger partial charge in [-0.25, -0.2) is 13.1 Å². The Morgan fingerprint density at radius 1 is 1.29 bits per heavy atom. The Morgan fingerprint density at radius 2 is 1.96 bits per heavy atom. The van der Waals surface area contributed by atoms with E-state index in [9.17, 15) is 28.7 Å². The molecule has 0 aromatic heterocycles. The third-order valence-electron chi connectivity index (χ3n) is 5.70. The molecule has 0 amide bonds. The van der Waals surface area contributed by atoms with Gasteiger partial charge in [0.15, 0.2) is 0 Å². The van der Waals surface area contributed by atoms with Crippen molar-refractivity contribution in [1.29, 1.82) is 0 Å². The maximum Gasteiger partial charge on any atom is 0.293 e. The summed E-state index contributed by atoms with van der Waals surface area (Å²) < 4.78 is 28.1. The van der Waals surface area contributed by atoms with Crippen LogP contribution in [0.4, 0.5) is 11.4 Å². The summed E-state index contributed by atoms with van der Waals surface area (Å²) in [7, 11) is -3.88. The van der Waals surface area contributed by atoms with Crippen LogP contribution in [-0.2, 0) is 10.0 Å². The predicted molar refractivity (Wildman–Crippen MR) is 104 cm³/mol. The van der Waals surface area contributed by atoms with Gasteiger partial charge in [0.25, 0.3) is 5.69 Å². The fourth-order valence-corrected chi connectivity index (χ4v) is 5.41. The van der Waals surface area contributed by atoms with E-state index in [1.165, 1.54) is 12.1 Å². The largest absolute Gasteiger partial charge is 0.394 e. The molecule has 156 valence electrons. The number of rotatable bonds is 6. The minimum atomic E-state index is -3.88. The van der Waals surface area contributed by atoms with Crippen molar-refractivity contribution in [3.63, 3.8) is 0 Å². The van der Waals surface area contributed by atoms with E-state index in [0.717, 1.165) is 31.7 Å². The molecule has 3 rings (SSSR count). The molecule has 2 fully saturated rings. The summed E-state index contributed by atoms with van der Waals surface area (Å²) in [6.45, 7) is 2.04. The van der Waals surface area contributed by atoms with E-state index in [-0.39, 0.29) is 35.5 Å². The van der Waals surface area contributed by atoms with Crippen LogP contribution in [0.25, 0.3) is 0 Å². The van der Waals surface area contributed by atoms with Crippen LogP contribution in [0.15, 0.2) is 23.1 Å².